The third kappa shape index (κ3) is 4.55. The molecule has 0 saturated carbocycles. The number of Topliss-reactive ketones (excluding diaryl/α,β-unsaturated/α-hetero) is 1. The molecule has 1 nitrogen and oxygen atoms in total. The molecule has 0 amide bonds. The van der Waals surface area contributed by atoms with Crippen molar-refractivity contribution in [3.8, 4) is 0 Å². The van der Waals surface area contributed by atoms with Gasteiger partial charge in [0.25, 0.3) is 0 Å². The van der Waals surface area contributed by atoms with Gasteiger partial charge in [0.2, 0.25) is 0 Å². The number of aryl methyl sites for hydroxylation is 4. The number of hydrogen-bond acceptors (Lipinski definition) is 1. The maximum atomic E-state index is 13.4. The van der Waals surface area contributed by atoms with Crippen LogP contribution in [0, 0.1) is 27.7 Å². The first-order chi connectivity index (χ1) is 12.2. The lowest BCUT2D eigenvalue weighted by atomic mass is 9.84. The summed E-state index contributed by atoms with van der Waals surface area (Å²) in [7, 11) is 0. The number of carbonyl (C=O) groups is 1. The lowest BCUT2D eigenvalue weighted by molar-refractivity contribution is -0.121. The van der Waals surface area contributed by atoms with Crippen molar-refractivity contribution in [2.75, 3.05) is 10.7 Å². The van der Waals surface area contributed by atoms with Crippen LogP contribution in [-0.4, -0.2) is 16.4 Å². The molecule has 0 aliphatic rings. The van der Waals surface area contributed by atoms with Gasteiger partial charge in [-0.3, -0.25) is 4.79 Å². The highest BCUT2D eigenvalue weighted by Crippen LogP contribution is 2.34. The molecule has 140 valence electrons. The van der Waals surface area contributed by atoms with Crippen LogP contribution < -0.4 is 0 Å². The van der Waals surface area contributed by atoms with Gasteiger partial charge in [-0.25, -0.2) is 0 Å². The smallest absolute Gasteiger partial charge is 0.149 e. The molecule has 0 heterocycles. The first-order valence-electron chi connectivity index (χ1n) is 8.40. The van der Waals surface area contributed by atoms with E-state index in [-0.39, 0.29) is 17.6 Å². The van der Waals surface area contributed by atoms with Gasteiger partial charge in [-0.15, -0.1) is 0 Å². The molecular formula is C21H22Br2Cl2O. The Kier molecular flexibility index (Phi) is 7.79. The number of benzene rings is 2. The topological polar surface area (TPSA) is 17.1 Å². The Labute approximate surface area is 182 Å². The summed E-state index contributed by atoms with van der Waals surface area (Å²) in [5.74, 6) is -0.284. The third-order valence-electron chi connectivity index (χ3n) is 4.72. The minimum atomic E-state index is -0.233. The average molecular weight is 521 g/mol. The molecule has 0 bridgehead atoms. The van der Waals surface area contributed by atoms with E-state index >= 15 is 0 Å². The number of carbonyl (C=O) groups excluding carboxylic acids is 1. The van der Waals surface area contributed by atoms with Crippen molar-refractivity contribution in [2.24, 2.45) is 0 Å². The molecule has 0 N–H and O–H groups in total. The van der Waals surface area contributed by atoms with Crippen LogP contribution in [0.5, 0.6) is 0 Å². The van der Waals surface area contributed by atoms with Gasteiger partial charge in [-0.2, -0.15) is 0 Å². The summed E-state index contributed by atoms with van der Waals surface area (Å²) in [6.07, 6.45) is 0. The fourth-order valence-corrected chi connectivity index (χ4v) is 4.87. The number of alkyl halides is 2. The summed E-state index contributed by atoms with van der Waals surface area (Å²) in [5.41, 5.74) is 5.98. The van der Waals surface area contributed by atoms with Gasteiger partial charge < -0.3 is 0 Å². The van der Waals surface area contributed by atoms with Crippen LogP contribution in [0.2, 0.25) is 10.0 Å². The van der Waals surface area contributed by atoms with Crippen LogP contribution >= 0.6 is 55.1 Å². The SMILES string of the molecule is Cc1cc(C(CBr)C(=O)C(CBr)c2cc(C)c(Cl)c(C)c2)cc(C)c1Cl. The van der Waals surface area contributed by atoms with E-state index < -0.39 is 0 Å². The van der Waals surface area contributed by atoms with Crippen LogP contribution in [0.3, 0.4) is 0 Å². The van der Waals surface area contributed by atoms with Gasteiger partial charge in [0.05, 0.1) is 11.8 Å². The van der Waals surface area contributed by atoms with Gasteiger partial charge in [-0.1, -0.05) is 79.3 Å². The van der Waals surface area contributed by atoms with Gasteiger partial charge in [-0.05, 0) is 61.1 Å². The molecule has 0 fully saturated rings. The van der Waals surface area contributed by atoms with Crippen LogP contribution in [-0.2, 0) is 4.79 Å². The summed E-state index contributed by atoms with van der Waals surface area (Å²) >= 11 is 19.7. The molecule has 2 rings (SSSR count). The normalized spacial score (nSPS) is 13.5. The van der Waals surface area contributed by atoms with Crippen LogP contribution in [0.4, 0.5) is 0 Å². The van der Waals surface area contributed by atoms with Gasteiger partial charge in [0, 0.05) is 20.7 Å². The minimum Gasteiger partial charge on any atom is -0.298 e. The number of hydrogen-bond donors (Lipinski definition) is 0. The number of halogens is 4. The van der Waals surface area contributed by atoms with E-state index in [1.807, 2.05) is 52.0 Å². The molecule has 0 radical (unpaired) electrons. The molecule has 0 aliphatic carbocycles. The molecule has 0 spiro atoms. The predicted molar refractivity (Wildman–Crippen MR) is 120 cm³/mol. The molecule has 0 aromatic heterocycles. The minimum absolute atomic E-state index is 0.181. The fourth-order valence-electron chi connectivity index (χ4n) is 3.26. The molecule has 2 aromatic rings. The lowest BCUT2D eigenvalue weighted by Gasteiger charge is -2.22. The summed E-state index contributed by atoms with van der Waals surface area (Å²) in [4.78, 5) is 13.4. The molecular weight excluding hydrogens is 499 g/mol. The van der Waals surface area contributed by atoms with Gasteiger partial charge in [0.1, 0.15) is 5.78 Å². The van der Waals surface area contributed by atoms with E-state index in [1.54, 1.807) is 0 Å². The molecule has 0 aliphatic heterocycles. The highest BCUT2D eigenvalue weighted by molar-refractivity contribution is 9.09. The van der Waals surface area contributed by atoms with E-state index in [2.05, 4.69) is 31.9 Å². The lowest BCUT2D eigenvalue weighted by Crippen LogP contribution is -2.23. The highest BCUT2D eigenvalue weighted by atomic mass is 79.9. The first-order valence-corrected chi connectivity index (χ1v) is 11.4. The molecule has 2 unspecified atom stereocenters. The summed E-state index contributed by atoms with van der Waals surface area (Å²) in [5, 5.41) is 2.66. The van der Waals surface area contributed by atoms with Crippen LogP contribution in [0.1, 0.15) is 45.2 Å². The molecule has 2 atom stereocenters. The zero-order valence-electron chi connectivity index (χ0n) is 15.3. The zero-order valence-corrected chi connectivity index (χ0v) is 20.0. The van der Waals surface area contributed by atoms with Crippen LogP contribution in [0.25, 0.3) is 0 Å². The quantitative estimate of drug-likeness (QED) is 0.361. The monoisotopic (exact) mass is 518 g/mol. The second-order valence-corrected chi connectivity index (χ2v) is 8.80. The number of ketones is 1. The van der Waals surface area contributed by atoms with Crippen molar-refractivity contribution in [2.45, 2.75) is 39.5 Å². The van der Waals surface area contributed by atoms with Crippen molar-refractivity contribution >= 4 is 60.8 Å². The Balaban J connectivity index is 2.45. The molecule has 2 aromatic carbocycles. The van der Waals surface area contributed by atoms with Gasteiger partial charge in [0.15, 0.2) is 0 Å². The molecule has 0 saturated heterocycles. The fraction of sp³-hybridized carbons (Fsp3) is 0.381. The predicted octanol–water partition coefficient (Wildman–Crippen LogP) is 7.45. The van der Waals surface area contributed by atoms with Crippen molar-refractivity contribution in [1.82, 2.24) is 0 Å². The Morgan fingerprint density at radius 1 is 0.769 bits per heavy atom. The van der Waals surface area contributed by atoms with E-state index in [1.165, 1.54) is 0 Å². The highest BCUT2D eigenvalue weighted by Gasteiger charge is 2.29. The average Bonchev–Trinajstić information content (AvgIpc) is 2.58. The maximum Gasteiger partial charge on any atom is 0.149 e. The largest absolute Gasteiger partial charge is 0.298 e. The van der Waals surface area contributed by atoms with E-state index in [4.69, 9.17) is 23.2 Å². The summed E-state index contributed by atoms with van der Waals surface area (Å²) in [6.45, 7) is 7.90. The third-order valence-corrected chi connectivity index (χ3v) is 7.21. The van der Waals surface area contributed by atoms with Crippen molar-refractivity contribution in [3.05, 3.63) is 67.7 Å². The van der Waals surface area contributed by atoms with E-state index in [0.717, 1.165) is 43.4 Å². The molecule has 5 heteroatoms. The van der Waals surface area contributed by atoms with Gasteiger partial charge >= 0.3 is 0 Å². The first kappa shape index (κ1) is 21.9. The van der Waals surface area contributed by atoms with Crippen molar-refractivity contribution < 1.29 is 4.79 Å². The second-order valence-electron chi connectivity index (χ2n) is 6.75. The van der Waals surface area contributed by atoms with Crippen molar-refractivity contribution in [3.63, 3.8) is 0 Å². The van der Waals surface area contributed by atoms with Crippen molar-refractivity contribution in [1.29, 1.82) is 0 Å². The summed E-state index contributed by atoms with van der Waals surface area (Å²) < 4.78 is 0. The van der Waals surface area contributed by atoms with E-state index in [0.29, 0.717) is 10.7 Å². The van der Waals surface area contributed by atoms with Crippen LogP contribution in [0.15, 0.2) is 24.3 Å². The Morgan fingerprint density at radius 2 is 1.04 bits per heavy atom. The second kappa shape index (κ2) is 9.23. The summed E-state index contributed by atoms with van der Waals surface area (Å²) in [6, 6.07) is 8.07. The maximum absolute atomic E-state index is 13.4. The van der Waals surface area contributed by atoms with E-state index in [9.17, 15) is 4.79 Å². The Bertz CT molecular complexity index is 719. The Hall–Kier alpha value is -0.350. The number of rotatable bonds is 6. The zero-order chi connectivity index (χ0) is 19.6. The molecule has 26 heavy (non-hydrogen) atoms. The standard InChI is InChI=1S/C21H22Br2Cl2O/c1-11-5-15(6-12(2)19(11)24)17(9-22)21(26)18(10-23)16-7-13(3)20(25)14(4)8-16/h5-8,17-18H,9-10H2,1-4H3. The Morgan fingerprint density at radius 3 is 1.27 bits per heavy atom.